The lowest BCUT2D eigenvalue weighted by molar-refractivity contribution is 0.101. The monoisotopic (exact) mass is 480 g/mol. The molecule has 178 valence electrons. The fraction of sp³-hybridized carbons (Fsp3) is 0.308. The summed E-state index contributed by atoms with van der Waals surface area (Å²) in [5, 5.41) is 0.733. The van der Waals surface area contributed by atoms with Gasteiger partial charge in [0.2, 0.25) is 5.75 Å². The number of carbonyl (C=O) groups is 1. The number of ether oxygens (including phenoxy) is 3. The van der Waals surface area contributed by atoms with Crippen LogP contribution in [0, 0.1) is 0 Å². The number of anilines is 1. The first kappa shape index (κ1) is 23.6. The third kappa shape index (κ3) is 3.88. The molecule has 7 nitrogen and oxygen atoms in total. The molecule has 0 spiro atoms. The van der Waals surface area contributed by atoms with E-state index in [4.69, 9.17) is 19.9 Å². The van der Waals surface area contributed by atoms with E-state index < -0.39 is 5.56 Å². The number of rotatable bonds is 6. The maximum atomic E-state index is 12.4. The van der Waals surface area contributed by atoms with E-state index in [0.717, 1.165) is 33.4 Å². The average molecular weight is 481 g/mol. The van der Waals surface area contributed by atoms with Gasteiger partial charge in [0.05, 0.1) is 27.0 Å². The number of nitrogen functional groups attached to an aromatic ring is 1. The van der Waals surface area contributed by atoms with E-state index in [1.54, 1.807) is 21.3 Å². The summed E-state index contributed by atoms with van der Waals surface area (Å²) in [6.07, 6.45) is 6.95. The lowest BCUT2D eigenvalue weighted by atomic mass is 9.77. The van der Waals surface area contributed by atoms with E-state index in [0.29, 0.717) is 22.1 Å². The lowest BCUT2D eigenvalue weighted by Gasteiger charge is -2.29. The topological polar surface area (TPSA) is 104 Å². The van der Waals surface area contributed by atoms with Crippen LogP contribution in [0.5, 0.6) is 17.2 Å². The molecule has 4 rings (SSSR count). The lowest BCUT2D eigenvalue weighted by Crippen LogP contribution is -2.20. The Labute approximate surface area is 201 Å². The number of methoxy groups -OCH3 is 3. The van der Waals surface area contributed by atoms with Gasteiger partial charge in [0.25, 0.3) is 5.56 Å². The van der Waals surface area contributed by atoms with Crippen LogP contribution >= 0.6 is 11.3 Å². The first-order chi connectivity index (χ1) is 16.1. The fourth-order valence-electron chi connectivity index (χ4n) is 4.54. The smallest absolute Gasteiger partial charge is 0.262 e. The van der Waals surface area contributed by atoms with Crippen molar-refractivity contribution in [1.29, 1.82) is 0 Å². The van der Waals surface area contributed by atoms with E-state index in [9.17, 15) is 9.59 Å². The first-order valence-electron chi connectivity index (χ1n) is 10.8. The number of thiophene rings is 1. The molecule has 2 heterocycles. The van der Waals surface area contributed by atoms with Gasteiger partial charge in [-0.25, -0.2) is 0 Å². The molecule has 0 aliphatic heterocycles. The van der Waals surface area contributed by atoms with Crippen molar-refractivity contribution in [3.63, 3.8) is 0 Å². The number of hydrogen-bond donors (Lipinski definition) is 2. The van der Waals surface area contributed by atoms with Gasteiger partial charge in [-0.3, -0.25) is 9.59 Å². The van der Waals surface area contributed by atoms with Crippen LogP contribution in [0.1, 0.15) is 53.6 Å². The average Bonchev–Trinajstić information content (AvgIpc) is 3.15. The van der Waals surface area contributed by atoms with Crippen molar-refractivity contribution in [1.82, 2.24) is 4.98 Å². The Bertz CT molecular complexity index is 1400. The van der Waals surface area contributed by atoms with Crippen molar-refractivity contribution in [2.75, 3.05) is 27.1 Å². The van der Waals surface area contributed by atoms with E-state index in [1.165, 1.54) is 18.3 Å². The molecular weight excluding hydrogens is 452 g/mol. The minimum atomic E-state index is -0.444. The van der Waals surface area contributed by atoms with Gasteiger partial charge in [-0.2, -0.15) is 0 Å². The number of fused-ring (bicyclic) bond motifs is 3. The Kier molecular flexibility index (Phi) is 6.03. The summed E-state index contributed by atoms with van der Waals surface area (Å²) >= 11 is 1.52. The Balaban J connectivity index is 1.84. The maximum Gasteiger partial charge on any atom is 0.262 e. The highest BCUT2D eigenvalue weighted by Crippen LogP contribution is 2.48. The van der Waals surface area contributed by atoms with E-state index >= 15 is 0 Å². The standard InChI is InChI=1S/C26H28N2O5S/c1-13(29)19-21(27)20-16-9-15(12-26(2,3)23(16)34-25(20)28-24(19)30)8-7-14-10-17(31-4)22(33-6)18(11-14)32-5/h7-11H,12H2,1-6H3,(H3,27,28,30)/b8-7+. The molecule has 34 heavy (non-hydrogen) atoms. The largest absolute Gasteiger partial charge is 0.493 e. The Morgan fingerprint density at radius 3 is 2.32 bits per heavy atom. The number of pyridine rings is 1. The first-order valence-corrected chi connectivity index (χ1v) is 11.6. The summed E-state index contributed by atoms with van der Waals surface area (Å²) in [5.41, 5.74) is 8.94. The van der Waals surface area contributed by atoms with Crippen LogP contribution in [0.4, 0.5) is 5.69 Å². The zero-order valence-electron chi connectivity index (χ0n) is 20.1. The van der Waals surface area contributed by atoms with Crippen molar-refractivity contribution in [2.45, 2.75) is 32.6 Å². The van der Waals surface area contributed by atoms with Gasteiger partial charge in [-0.15, -0.1) is 11.3 Å². The molecule has 8 heteroatoms. The molecule has 0 radical (unpaired) electrons. The normalized spacial score (nSPS) is 14.7. The highest BCUT2D eigenvalue weighted by molar-refractivity contribution is 7.19. The number of aromatic nitrogens is 1. The number of benzene rings is 1. The molecule has 3 aromatic rings. The van der Waals surface area contributed by atoms with Crippen LogP contribution in [0.2, 0.25) is 0 Å². The number of hydrogen-bond acceptors (Lipinski definition) is 7. The molecule has 0 saturated carbocycles. The van der Waals surface area contributed by atoms with E-state index in [2.05, 4.69) is 31.0 Å². The molecule has 1 aromatic carbocycles. The third-order valence-electron chi connectivity index (χ3n) is 6.06. The maximum absolute atomic E-state index is 12.4. The number of allylic oxidation sites excluding steroid dienone is 2. The summed E-state index contributed by atoms with van der Waals surface area (Å²) in [6.45, 7) is 5.69. The van der Waals surface area contributed by atoms with Crippen molar-refractivity contribution >= 4 is 45.2 Å². The Morgan fingerprint density at radius 2 is 1.76 bits per heavy atom. The molecule has 0 atom stereocenters. The number of nitrogens with one attached hydrogen (secondary N) is 1. The summed E-state index contributed by atoms with van der Waals surface area (Å²) in [6, 6.07) is 3.78. The van der Waals surface area contributed by atoms with Crippen LogP contribution < -0.4 is 25.5 Å². The van der Waals surface area contributed by atoms with Crippen LogP contribution in [-0.4, -0.2) is 32.1 Å². The van der Waals surface area contributed by atoms with Crippen molar-refractivity contribution in [3.05, 3.63) is 55.7 Å². The van der Waals surface area contributed by atoms with Gasteiger partial charge < -0.3 is 24.9 Å². The third-order valence-corrected chi connectivity index (χ3v) is 7.54. The minimum Gasteiger partial charge on any atom is -0.493 e. The van der Waals surface area contributed by atoms with Crippen molar-refractivity contribution in [3.8, 4) is 17.2 Å². The van der Waals surface area contributed by atoms with Crippen molar-refractivity contribution < 1.29 is 19.0 Å². The molecule has 0 fully saturated rings. The second-order valence-corrected chi connectivity index (χ2v) is 9.94. The highest BCUT2D eigenvalue weighted by Gasteiger charge is 2.33. The Morgan fingerprint density at radius 1 is 1.12 bits per heavy atom. The Hall–Kier alpha value is -3.52. The quantitative estimate of drug-likeness (QED) is 0.471. The predicted octanol–water partition coefficient (Wildman–Crippen LogP) is 5.18. The zero-order chi connectivity index (χ0) is 24.8. The van der Waals surface area contributed by atoms with Gasteiger partial charge in [0.15, 0.2) is 17.3 Å². The zero-order valence-corrected chi connectivity index (χ0v) is 20.9. The number of Topliss-reactive ketones (excluding diaryl/α,β-unsaturated/α-hetero) is 1. The molecule has 0 saturated heterocycles. The summed E-state index contributed by atoms with van der Waals surface area (Å²) < 4.78 is 16.3. The van der Waals surface area contributed by atoms with Crippen LogP contribution in [0.3, 0.4) is 0 Å². The number of aromatic amines is 1. The summed E-state index contributed by atoms with van der Waals surface area (Å²) in [4.78, 5) is 29.2. The molecule has 0 bridgehead atoms. The van der Waals surface area contributed by atoms with Gasteiger partial charge in [-0.1, -0.05) is 26.0 Å². The highest BCUT2D eigenvalue weighted by atomic mass is 32.1. The molecule has 3 N–H and O–H groups in total. The summed E-state index contributed by atoms with van der Waals surface area (Å²) in [5.74, 6) is 1.36. The number of carbonyl (C=O) groups excluding carboxylic acids is 1. The van der Waals surface area contributed by atoms with Crippen LogP contribution in [0.25, 0.3) is 22.4 Å². The van der Waals surface area contributed by atoms with E-state index in [-0.39, 0.29) is 22.4 Å². The molecule has 1 aliphatic carbocycles. The molecular formula is C26H28N2O5S. The van der Waals surface area contributed by atoms with Gasteiger partial charge in [-0.05, 0) is 42.7 Å². The SMILES string of the molecule is COc1cc(/C=C/C2=Cc3c(sc4[nH]c(=O)c(C(C)=O)c(N)c34)C(C)(C)C2)cc(OC)c1OC. The van der Waals surface area contributed by atoms with Gasteiger partial charge >= 0.3 is 0 Å². The van der Waals surface area contributed by atoms with Gasteiger partial charge in [0.1, 0.15) is 10.4 Å². The van der Waals surface area contributed by atoms with Crippen LogP contribution in [0.15, 0.2) is 28.6 Å². The van der Waals surface area contributed by atoms with Crippen molar-refractivity contribution in [2.24, 2.45) is 0 Å². The second kappa shape index (κ2) is 8.68. The predicted molar refractivity (Wildman–Crippen MR) is 138 cm³/mol. The molecule has 1 aliphatic rings. The minimum absolute atomic E-state index is 0.0133. The number of ketones is 1. The second-order valence-electron chi connectivity index (χ2n) is 8.92. The van der Waals surface area contributed by atoms with Gasteiger partial charge in [0, 0.05) is 21.2 Å². The molecule has 2 aromatic heterocycles. The number of H-pyrrole nitrogens is 1. The molecule has 0 amide bonds. The fourth-order valence-corrected chi connectivity index (χ4v) is 5.83. The molecule has 0 unspecified atom stereocenters. The summed E-state index contributed by atoms with van der Waals surface area (Å²) in [7, 11) is 4.75. The van der Waals surface area contributed by atoms with E-state index in [1.807, 2.05) is 18.2 Å². The number of nitrogens with two attached hydrogens (primary N) is 1. The van der Waals surface area contributed by atoms with Crippen LogP contribution in [-0.2, 0) is 5.41 Å².